The summed E-state index contributed by atoms with van der Waals surface area (Å²) in [6.07, 6.45) is 6.61. The van der Waals surface area contributed by atoms with Gasteiger partial charge in [-0.15, -0.1) is 0 Å². The predicted molar refractivity (Wildman–Crippen MR) is 50.9 cm³/mol. The van der Waals surface area contributed by atoms with E-state index in [9.17, 15) is 0 Å². The van der Waals surface area contributed by atoms with Gasteiger partial charge >= 0.3 is 0 Å². The van der Waals surface area contributed by atoms with E-state index >= 15 is 0 Å². The van der Waals surface area contributed by atoms with E-state index in [1.165, 1.54) is 25.7 Å². The number of rotatable bonds is 2. The van der Waals surface area contributed by atoms with Gasteiger partial charge in [0.05, 0.1) is 6.61 Å². The quantitative estimate of drug-likeness (QED) is 0.771. The molecule has 0 unspecified atom stereocenters. The molecule has 3 rings (SSSR count). The zero-order valence-electron chi connectivity index (χ0n) is 8.02. The molecule has 1 N–H and O–H groups in total. The molecule has 1 aromatic rings. The lowest BCUT2D eigenvalue weighted by atomic mass is 10.0. The van der Waals surface area contributed by atoms with Gasteiger partial charge in [0, 0.05) is 12.1 Å². The second-order valence-electron chi connectivity index (χ2n) is 4.15. The van der Waals surface area contributed by atoms with Crippen LogP contribution in [0.15, 0.2) is 10.7 Å². The van der Waals surface area contributed by atoms with Crippen LogP contribution < -0.4 is 4.90 Å². The van der Waals surface area contributed by atoms with Crippen LogP contribution in [0, 0.1) is 0 Å². The van der Waals surface area contributed by atoms with Crippen LogP contribution in [-0.2, 0) is 6.61 Å². The summed E-state index contributed by atoms with van der Waals surface area (Å²) in [7, 11) is 0. The monoisotopic (exact) mass is 194 g/mol. The number of aliphatic hydroxyl groups excluding tert-OH is 1. The minimum Gasteiger partial charge on any atom is -0.432 e. The maximum Gasteiger partial charge on any atom is 0.298 e. The third-order valence-corrected chi connectivity index (χ3v) is 3.38. The third kappa shape index (κ3) is 1.07. The largest absolute Gasteiger partial charge is 0.432 e. The van der Waals surface area contributed by atoms with Gasteiger partial charge < -0.3 is 14.4 Å². The number of oxazole rings is 1. The Morgan fingerprint density at radius 2 is 2.00 bits per heavy atom. The molecule has 0 amide bonds. The van der Waals surface area contributed by atoms with Gasteiger partial charge in [-0.3, -0.25) is 0 Å². The smallest absolute Gasteiger partial charge is 0.298 e. The van der Waals surface area contributed by atoms with Crippen LogP contribution in [0.25, 0.3) is 0 Å². The van der Waals surface area contributed by atoms with Crippen molar-refractivity contribution in [1.29, 1.82) is 0 Å². The number of anilines is 1. The molecule has 2 fully saturated rings. The van der Waals surface area contributed by atoms with E-state index in [-0.39, 0.29) is 6.61 Å². The number of nitrogens with zero attached hydrogens (tertiary/aromatic N) is 2. The first-order chi connectivity index (χ1) is 6.88. The molecule has 14 heavy (non-hydrogen) atoms. The number of hydrogen-bond acceptors (Lipinski definition) is 4. The maximum atomic E-state index is 8.90. The first-order valence-electron chi connectivity index (χ1n) is 5.22. The van der Waals surface area contributed by atoms with E-state index in [0.717, 1.165) is 0 Å². The van der Waals surface area contributed by atoms with Crippen molar-refractivity contribution in [1.82, 2.24) is 4.98 Å². The minimum atomic E-state index is -0.0350. The van der Waals surface area contributed by atoms with Gasteiger partial charge in [-0.2, -0.15) is 4.98 Å². The van der Waals surface area contributed by atoms with Crippen LogP contribution in [0.3, 0.4) is 0 Å². The van der Waals surface area contributed by atoms with Crippen molar-refractivity contribution in [3.63, 3.8) is 0 Å². The second-order valence-corrected chi connectivity index (χ2v) is 4.15. The van der Waals surface area contributed by atoms with Gasteiger partial charge in [0.1, 0.15) is 12.0 Å². The standard InChI is InChI=1S/C10H14N2O2/c13-5-7-6-14-10(11-7)12-8-1-2-9(12)4-3-8/h6,8-9,13H,1-5H2. The van der Waals surface area contributed by atoms with Gasteiger partial charge in [0.25, 0.3) is 6.01 Å². The molecule has 0 saturated carbocycles. The van der Waals surface area contributed by atoms with Gasteiger partial charge in [-0.1, -0.05) is 0 Å². The molecule has 3 heterocycles. The van der Waals surface area contributed by atoms with Crippen LogP contribution in [0.2, 0.25) is 0 Å². The molecule has 0 aliphatic carbocycles. The molecule has 0 aromatic carbocycles. The van der Waals surface area contributed by atoms with Crippen molar-refractivity contribution in [3.8, 4) is 0 Å². The summed E-state index contributed by atoms with van der Waals surface area (Å²) < 4.78 is 5.38. The summed E-state index contributed by atoms with van der Waals surface area (Å²) in [5.74, 6) is 0. The average Bonchev–Trinajstić information content (AvgIpc) is 2.91. The normalized spacial score (nSPS) is 30.2. The zero-order chi connectivity index (χ0) is 9.54. The SMILES string of the molecule is OCc1coc(N2C3CCC2CC3)n1. The van der Waals surface area contributed by atoms with Crippen LogP contribution >= 0.6 is 0 Å². The molecule has 4 heteroatoms. The molecule has 2 saturated heterocycles. The molecule has 2 aliphatic heterocycles. The fourth-order valence-electron chi connectivity index (χ4n) is 2.71. The van der Waals surface area contributed by atoms with E-state index in [1.807, 2.05) is 0 Å². The van der Waals surface area contributed by atoms with Crippen molar-refractivity contribution in [3.05, 3.63) is 12.0 Å². The van der Waals surface area contributed by atoms with E-state index in [0.29, 0.717) is 23.8 Å². The van der Waals surface area contributed by atoms with Crippen LogP contribution in [-0.4, -0.2) is 22.2 Å². The first-order valence-corrected chi connectivity index (χ1v) is 5.22. The summed E-state index contributed by atoms with van der Waals surface area (Å²) >= 11 is 0. The molecule has 76 valence electrons. The Labute approximate surface area is 82.5 Å². The van der Waals surface area contributed by atoms with E-state index < -0.39 is 0 Å². The molecule has 0 atom stereocenters. The Bertz CT molecular complexity index is 317. The molecule has 1 aromatic heterocycles. The average molecular weight is 194 g/mol. The second kappa shape index (κ2) is 2.98. The summed E-state index contributed by atoms with van der Waals surface area (Å²) in [6, 6.07) is 1.97. The highest BCUT2D eigenvalue weighted by Crippen LogP contribution is 2.40. The number of aromatic nitrogens is 1. The summed E-state index contributed by atoms with van der Waals surface area (Å²) in [6.45, 7) is -0.0350. The molecule has 0 radical (unpaired) electrons. The summed E-state index contributed by atoms with van der Waals surface area (Å²) in [5, 5.41) is 8.90. The molecule has 0 spiro atoms. The lowest BCUT2D eigenvalue weighted by molar-refractivity contribution is 0.276. The van der Waals surface area contributed by atoms with Crippen LogP contribution in [0.5, 0.6) is 0 Å². The van der Waals surface area contributed by atoms with Crippen LogP contribution in [0.1, 0.15) is 31.4 Å². The molecule has 2 aliphatic rings. The highest BCUT2D eigenvalue weighted by Gasteiger charge is 2.41. The Kier molecular flexibility index (Phi) is 1.77. The lowest BCUT2D eigenvalue weighted by Gasteiger charge is -2.18. The van der Waals surface area contributed by atoms with E-state index in [1.54, 1.807) is 6.26 Å². The van der Waals surface area contributed by atoms with Crippen molar-refractivity contribution in [2.24, 2.45) is 0 Å². The molecule has 2 bridgehead atoms. The fourth-order valence-corrected chi connectivity index (χ4v) is 2.71. The van der Waals surface area contributed by atoms with Crippen molar-refractivity contribution in [2.45, 2.75) is 44.4 Å². The van der Waals surface area contributed by atoms with E-state index in [4.69, 9.17) is 9.52 Å². The zero-order valence-corrected chi connectivity index (χ0v) is 8.02. The molecular formula is C10H14N2O2. The first kappa shape index (κ1) is 8.29. The maximum absolute atomic E-state index is 8.90. The molecular weight excluding hydrogens is 180 g/mol. The Morgan fingerprint density at radius 3 is 2.50 bits per heavy atom. The Morgan fingerprint density at radius 1 is 1.36 bits per heavy atom. The predicted octanol–water partition coefficient (Wildman–Crippen LogP) is 1.30. The van der Waals surface area contributed by atoms with Gasteiger partial charge in [0.2, 0.25) is 0 Å². The van der Waals surface area contributed by atoms with Crippen molar-refractivity contribution < 1.29 is 9.52 Å². The fraction of sp³-hybridized carbons (Fsp3) is 0.700. The third-order valence-electron chi connectivity index (χ3n) is 3.38. The minimum absolute atomic E-state index is 0.0350. The summed E-state index contributed by atoms with van der Waals surface area (Å²) in [4.78, 5) is 6.55. The number of hydrogen-bond donors (Lipinski definition) is 1. The van der Waals surface area contributed by atoms with Crippen molar-refractivity contribution >= 4 is 6.01 Å². The highest BCUT2D eigenvalue weighted by atomic mass is 16.4. The highest BCUT2D eigenvalue weighted by molar-refractivity contribution is 5.36. The lowest BCUT2D eigenvalue weighted by Crippen LogP contribution is -2.28. The number of aliphatic hydroxyl groups is 1. The van der Waals surface area contributed by atoms with Gasteiger partial charge in [0.15, 0.2) is 0 Å². The Hall–Kier alpha value is -1.03. The van der Waals surface area contributed by atoms with Gasteiger partial charge in [-0.25, -0.2) is 0 Å². The Balaban J connectivity index is 1.88. The summed E-state index contributed by atoms with van der Waals surface area (Å²) in [5.41, 5.74) is 0.631. The molecule has 4 nitrogen and oxygen atoms in total. The topological polar surface area (TPSA) is 49.5 Å². The van der Waals surface area contributed by atoms with Crippen molar-refractivity contribution in [2.75, 3.05) is 4.90 Å². The van der Waals surface area contributed by atoms with Crippen LogP contribution in [0.4, 0.5) is 6.01 Å². The number of fused-ring (bicyclic) bond motifs is 2. The van der Waals surface area contributed by atoms with E-state index in [2.05, 4.69) is 9.88 Å². The van der Waals surface area contributed by atoms with Gasteiger partial charge in [-0.05, 0) is 25.7 Å².